The van der Waals surface area contributed by atoms with Gasteiger partial charge in [0.05, 0.1) is 11.3 Å². The second-order valence-corrected chi connectivity index (χ2v) is 5.97. The summed E-state index contributed by atoms with van der Waals surface area (Å²) in [6.07, 6.45) is 0. The predicted molar refractivity (Wildman–Crippen MR) is 79.0 cm³/mol. The molecule has 0 fully saturated rings. The van der Waals surface area contributed by atoms with Gasteiger partial charge in [-0.1, -0.05) is 18.2 Å². The normalized spacial score (nSPS) is 11.1. The zero-order valence-electron chi connectivity index (χ0n) is 11.2. The van der Waals surface area contributed by atoms with Crippen LogP contribution in [0.25, 0.3) is 0 Å². The fourth-order valence-corrected chi connectivity index (χ4v) is 2.80. The molecule has 7 heteroatoms. The first-order chi connectivity index (χ1) is 9.81. The third kappa shape index (κ3) is 3.14. The fraction of sp³-hybridized carbons (Fsp3) is 0.0714. The Bertz CT molecular complexity index is 800. The molecule has 0 amide bonds. The van der Waals surface area contributed by atoms with Crippen molar-refractivity contribution in [2.24, 2.45) is 0 Å². The summed E-state index contributed by atoms with van der Waals surface area (Å²) in [6, 6.07) is 10.5. The van der Waals surface area contributed by atoms with E-state index in [1.54, 1.807) is 25.1 Å². The first kappa shape index (κ1) is 14.9. The lowest BCUT2D eigenvalue weighted by Gasteiger charge is -2.09. The van der Waals surface area contributed by atoms with E-state index in [-0.39, 0.29) is 21.8 Å². The molecule has 0 heterocycles. The van der Waals surface area contributed by atoms with Gasteiger partial charge in [-0.3, -0.25) is 0 Å². The molecule has 0 saturated carbocycles. The van der Waals surface area contributed by atoms with Crippen LogP contribution in [0, 0.1) is 6.92 Å². The first-order valence-corrected chi connectivity index (χ1v) is 7.41. The summed E-state index contributed by atoms with van der Waals surface area (Å²) in [6.45, 7) is 1.70. The van der Waals surface area contributed by atoms with Gasteiger partial charge < -0.3 is 15.7 Å². The van der Waals surface area contributed by atoms with Gasteiger partial charge in [-0.15, -0.1) is 0 Å². The molecule has 0 radical (unpaired) electrons. The smallest absolute Gasteiger partial charge is 0.356 e. The topological polar surface area (TPSA) is 112 Å². The lowest BCUT2D eigenvalue weighted by molar-refractivity contribution is 0.0748. The Balaban J connectivity index is 2.36. The van der Waals surface area contributed by atoms with Gasteiger partial charge in [-0.05, 0) is 36.8 Å². The predicted octanol–water partition coefficient (Wildman–Crippen LogP) is 1.71. The zero-order valence-corrected chi connectivity index (χ0v) is 12.1. The van der Waals surface area contributed by atoms with Gasteiger partial charge in [0.15, 0.2) is 0 Å². The molecule has 0 aliphatic rings. The average molecular weight is 306 g/mol. The van der Waals surface area contributed by atoms with Crippen molar-refractivity contribution in [2.45, 2.75) is 11.8 Å². The van der Waals surface area contributed by atoms with Crippen molar-refractivity contribution < 1.29 is 17.4 Å². The van der Waals surface area contributed by atoms with E-state index in [9.17, 15) is 13.2 Å². The second kappa shape index (κ2) is 5.45. The summed E-state index contributed by atoms with van der Waals surface area (Å²) in [7, 11) is -4.31. The Morgan fingerprint density at radius 3 is 2.38 bits per heavy atom. The van der Waals surface area contributed by atoms with E-state index in [1.807, 2.05) is 0 Å². The number of hydrogen-bond acceptors (Lipinski definition) is 6. The Hall–Kier alpha value is -2.54. The van der Waals surface area contributed by atoms with Crippen LogP contribution in [-0.2, 0) is 14.3 Å². The quantitative estimate of drug-likeness (QED) is 0.659. The molecule has 110 valence electrons. The maximum absolute atomic E-state index is 12.1. The molecule has 0 aliphatic carbocycles. The van der Waals surface area contributed by atoms with Crippen LogP contribution in [0.3, 0.4) is 0 Å². The van der Waals surface area contributed by atoms with Crippen molar-refractivity contribution in [3.05, 3.63) is 53.6 Å². The Morgan fingerprint density at radius 1 is 1.05 bits per heavy atom. The molecule has 21 heavy (non-hydrogen) atoms. The van der Waals surface area contributed by atoms with Crippen LogP contribution in [0.4, 0.5) is 11.4 Å². The lowest BCUT2D eigenvalue weighted by Crippen LogP contribution is -2.16. The van der Waals surface area contributed by atoms with Crippen LogP contribution in [0.2, 0.25) is 0 Å². The molecule has 0 atom stereocenters. The SMILES string of the molecule is Cc1ccc(N)c(S(=O)(=O)OC(=O)c2ccccc2N)c1. The van der Waals surface area contributed by atoms with Gasteiger partial charge in [-0.25, -0.2) is 4.79 Å². The highest BCUT2D eigenvalue weighted by Gasteiger charge is 2.24. The Labute approximate surface area is 122 Å². The molecular formula is C14H14N2O4S. The van der Waals surface area contributed by atoms with Gasteiger partial charge in [0, 0.05) is 5.69 Å². The summed E-state index contributed by atoms with van der Waals surface area (Å²) < 4.78 is 28.9. The molecule has 6 nitrogen and oxygen atoms in total. The minimum Gasteiger partial charge on any atom is -0.398 e. The average Bonchev–Trinajstić information content (AvgIpc) is 2.41. The van der Waals surface area contributed by atoms with Crippen LogP contribution >= 0.6 is 0 Å². The minimum atomic E-state index is -4.31. The fourth-order valence-electron chi connectivity index (χ4n) is 1.73. The van der Waals surface area contributed by atoms with Crippen molar-refractivity contribution in [1.29, 1.82) is 0 Å². The molecule has 2 aromatic rings. The minimum absolute atomic E-state index is 0.00873. The highest BCUT2D eigenvalue weighted by atomic mass is 32.2. The number of para-hydroxylation sites is 1. The van der Waals surface area contributed by atoms with Crippen LogP contribution in [0.1, 0.15) is 15.9 Å². The molecule has 0 unspecified atom stereocenters. The molecule has 0 aliphatic heterocycles. The molecule has 2 aromatic carbocycles. The van der Waals surface area contributed by atoms with Crippen molar-refractivity contribution in [3.8, 4) is 0 Å². The third-order valence-corrected chi connectivity index (χ3v) is 4.07. The highest BCUT2D eigenvalue weighted by molar-refractivity contribution is 7.87. The molecule has 2 rings (SSSR count). The molecule has 0 aromatic heterocycles. The number of nitrogens with two attached hydrogens (primary N) is 2. The van der Waals surface area contributed by atoms with Crippen LogP contribution in [0.5, 0.6) is 0 Å². The number of carbonyl (C=O) groups excluding carboxylic acids is 1. The number of nitrogen functional groups attached to an aromatic ring is 2. The number of carbonyl (C=O) groups is 1. The largest absolute Gasteiger partial charge is 0.398 e. The van der Waals surface area contributed by atoms with Crippen LogP contribution in [0.15, 0.2) is 47.4 Å². The van der Waals surface area contributed by atoms with Crippen molar-refractivity contribution in [2.75, 3.05) is 11.5 Å². The van der Waals surface area contributed by atoms with Gasteiger partial charge in [-0.2, -0.15) is 8.42 Å². The Kier molecular flexibility index (Phi) is 3.86. The van der Waals surface area contributed by atoms with E-state index in [0.29, 0.717) is 5.56 Å². The summed E-state index contributed by atoms with van der Waals surface area (Å²) in [4.78, 5) is 11.7. The van der Waals surface area contributed by atoms with E-state index in [2.05, 4.69) is 4.18 Å². The maximum Gasteiger partial charge on any atom is 0.356 e. The Morgan fingerprint density at radius 2 is 1.71 bits per heavy atom. The third-order valence-electron chi connectivity index (χ3n) is 2.80. The lowest BCUT2D eigenvalue weighted by atomic mass is 10.2. The van der Waals surface area contributed by atoms with E-state index in [4.69, 9.17) is 11.5 Å². The monoisotopic (exact) mass is 306 g/mol. The summed E-state index contributed by atoms with van der Waals surface area (Å²) >= 11 is 0. The summed E-state index contributed by atoms with van der Waals surface area (Å²) in [5, 5.41) is 0. The van der Waals surface area contributed by atoms with Crippen LogP contribution in [-0.4, -0.2) is 14.4 Å². The number of rotatable bonds is 3. The molecule has 0 saturated heterocycles. The van der Waals surface area contributed by atoms with E-state index in [0.717, 1.165) is 0 Å². The van der Waals surface area contributed by atoms with E-state index < -0.39 is 16.1 Å². The van der Waals surface area contributed by atoms with Crippen molar-refractivity contribution >= 4 is 27.5 Å². The van der Waals surface area contributed by atoms with Crippen molar-refractivity contribution in [1.82, 2.24) is 0 Å². The molecule has 0 spiro atoms. The number of benzene rings is 2. The van der Waals surface area contributed by atoms with Crippen molar-refractivity contribution in [3.63, 3.8) is 0 Å². The molecule has 4 N–H and O–H groups in total. The number of anilines is 2. The maximum atomic E-state index is 12.1. The standard InChI is InChI=1S/C14H14N2O4S/c1-9-6-7-12(16)13(8-9)21(18,19)20-14(17)10-4-2-3-5-11(10)15/h2-8H,15-16H2,1H3. The van der Waals surface area contributed by atoms with Gasteiger partial charge in [0.25, 0.3) is 0 Å². The van der Waals surface area contributed by atoms with E-state index >= 15 is 0 Å². The van der Waals surface area contributed by atoms with Gasteiger partial charge in [0.2, 0.25) is 0 Å². The summed E-state index contributed by atoms with van der Waals surface area (Å²) in [5.74, 6) is -1.05. The summed E-state index contributed by atoms with van der Waals surface area (Å²) in [5.41, 5.74) is 12.0. The highest BCUT2D eigenvalue weighted by Crippen LogP contribution is 2.23. The second-order valence-electron chi connectivity index (χ2n) is 4.45. The van der Waals surface area contributed by atoms with Gasteiger partial charge >= 0.3 is 16.1 Å². The molecule has 0 bridgehead atoms. The molecular weight excluding hydrogens is 292 g/mol. The van der Waals surface area contributed by atoms with Crippen LogP contribution < -0.4 is 11.5 Å². The number of hydrogen-bond donors (Lipinski definition) is 2. The van der Waals surface area contributed by atoms with Gasteiger partial charge in [0.1, 0.15) is 4.90 Å². The zero-order chi connectivity index (χ0) is 15.6. The number of aryl methyl sites for hydroxylation is 1. The first-order valence-electron chi connectivity index (χ1n) is 6.01. The van der Waals surface area contributed by atoms with E-state index in [1.165, 1.54) is 24.3 Å².